The summed E-state index contributed by atoms with van der Waals surface area (Å²) in [5, 5.41) is 17.9. The highest BCUT2D eigenvalue weighted by Gasteiger charge is 2.14. The van der Waals surface area contributed by atoms with Gasteiger partial charge in [-0.15, -0.1) is 5.10 Å². The molecule has 88 valence electrons. The number of benzene rings is 1. The zero-order valence-electron chi connectivity index (χ0n) is 8.68. The van der Waals surface area contributed by atoms with Gasteiger partial charge in [0.05, 0.1) is 0 Å². The van der Waals surface area contributed by atoms with Gasteiger partial charge in [-0.3, -0.25) is 0 Å². The lowest BCUT2D eigenvalue weighted by Crippen LogP contribution is -1.99. The smallest absolute Gasteiger partial charge is 0.339 e. The van der Waals surface area contributed by atoms with Crippen LogP contribution in [0.4, 0.5) is 0 Å². The molecule has 0 saturated carbocycles. The fourth-order valence-corrected chi connectivity index (χ4v) is 1.88. The Bertz CT molecular complexity index is 570. The molecule has 0 radical (unpaired) electrons. The molecule has 0 fully saturated rings. The Morgan fingerprint density at radius 3 is 2.82 bits per heavy atom. The molecule has 1 aromatic heterocycles. The van der Waals surface area contributed by atoms with E-state index in [-0.39, 0.29) is 16.5 Å². The summed E-state index contributed by atoms with van der Waals surface area (Å²) in [6, 6.07) is 4.30. The third kappa shape index (κ3) is 2.72. The van der Waals surface area contributed by atoms with E-state index in [9.17, 15) is 4.79 Å². The Morgan fingerprint density at radius 1 is 1.47 bits per heavy atom. The van der Waals surface area contributed by atoms with Gasteiger partial charge in [-0.2, -0.15) is 0 Å². The molecule has 0 atom stereocenters. The second-order valence-corrected chi connectivity index (χ2v) is 4.72. The third-order valence-corrected chi connectivity index (χ3v) is 2.83. The number of nitrogens with zero attached hydrogens (tertiary/aromatic N) is 2. The first kappa shape index (κ1) is 11.8. The number of rotatable bonds is 3. The largest absolute Gasteiger partial charge is 0.478 e. The first-order valence-corrected chi connectivity index (χ1v) is 5.76. The van der Waals surface area contributed by atoms with E-state index in [1.807, 2.05) is 0 Å². The molecule has 0 saturated heterocycles. The van der Waals surface area contributed by atoms with Crippen molar-refractivity contribution < 1.29 is 14.6 Å². The van der Waals surface area contributed by atoms with E-state index in [1.54, 1.807) is 6.92 Å². The number of ether oxygens (including phenoxy) is 1. The van der Waals surface area contributed by atoms with Crippen molar-refractivity contribution in [3.8, 4) is 10.9 Å². The Labute approximate surface area is 106 Å². The molecule has 0 amide bonds. The van der Waals surface area contributed by atoms with Gasteiger partial charge in [0.15, 0.2) is 0 Å². The zero-order chi connectivity index (χ0) is 12.4. The molecule has 0 aliphatic heterocycles. The lowest BCUT2D eigenvalue weighted by atomic mass is 10.2. The van der Waals surface area contributed by atoms with Gasteiger partial charge >= 0.3 is 5.97 Å². The van der Waals surface area contributed by atoms with Crippen molar-refractivity contribution in [2.24, 2.45) is 0 Å². The van der Waals surface area contributed by atoms with Crippen LogP contribution in [0.1, 0.15) is 15.4 Å². The minimum Gasteiger partial charge on any atom is -0.478 e. The highest BCUT2D eigenvalue weighted by Crippen LogP contribution is 2.30. The fourth-order valence-electron chi connectivity index (χ4n) is 1.17. The summed E-state index contributed by atoms with van der Waals surface area (Å²) in [5.41, 5.74) is 0.0299. The Morgan fingerprint density at radius 2 is 2.24 bits per heavy atom. The summed E-state index contributed by atoms with van der Waals surface area (Å²) in [6.45, 7) is 1.78. The lowest BCUT2D eigenvalue weighted by Gasteiger charge is -2.05. The summed E-state index contributed by atoms with van der Waals surface area (Å²) in [4.78, 5) is 11.0. The summed E-state index contributed by atoms with van der Waals surface area (Å²) in [5.74, 6) is -0.931. The van der Waals surface area contributed by atoms with E-state index >= 15 is 0 Å². The number of aromatic nitrogens is 2. The van der Waals surface area contributed by atoms with Crippen LogP contribution in [0.5, 0.6) is 10.9 Å². The number of hydrogen-bond donors (Lipinski definition) is 1. The molecular weight excluding hydrogens is 264 g/mol. The second-order valence-electron chi connectivity index (χ2n) is 3.13. The van der Waals surface area contributed by atoms with Crippen molar-refractivity contribution in [2.45, 2.75) is 6.92 Å². The molecule has 7 heteroatoms. The second kappa shape index (κ2) is 4.68. The molecule has 2 aromatic rings. The normalized spacial score (nSPS) is 10.2. The van der Waals surface area contributed by atoms with Crippen molar-refractivity contribution in [2.75, 3.05) is 0 Å². The highest BCUT2D eigenvalue weighted by atomic mass is 35.5. The monoisotopic (exact) mass is 270 g/mol. The fraction of sp³-hybridized carbons (Fsp3) is 0.100. The maximum atomic E-state index is 11.0. The van der Waals surface area contributed by atoms with Crippen LogP contribution in [0.3, 0.4) is 0 Å². The quantitative estimate of drug-likeness (QED) is 0.928. The molecule has 17 heavy (non-hydrogen) atoms. The van der Waals surface area contributed by atoms with Gasteiger partial charge in [0.25, 0.3) is 5.19 Å². The average molecular weight is 271 g/mol. The summed E-state index contributed by atoms with van der Waals surface area (Å²) in [6.07, 6.45) is 0. The third-order valence-electron chi connectivity index (χ3n) is 1.88. The molecule has 0 spiro atoms. The Hall–Kier alpha value is -1.66. The first-order valence-electron chi connectivity index (χ1n) is 4.57. The van der Waals surface area contributed by atoms with E-state index in [0.717, 1.165) is 5.01 Å². The molecule has 1 aromatic carbocycles. The Balaban J connectivity index is 2.37. The highest BCUT2D eigenvalue weighted by molar-refractivity contribution is 7.13. The maximum absolute atomic E-state index is 11.0. The van der Waals surface area contributed by atoms with Crippen molar-refractivity contribution in [3.05, 3.63) is 33.8 Å². The molecule has 0 aliphatic carbocycles. The lowest BCUT2D eigenvalue weighted by molar-refractivity contribution is 0.0694. The number of carbonyl (C=O) groups is 1. The van der Waals surface area contributed by atoms with E-state index in [1.165, 1.54) is 29.5 Å². The zero-order valence-corrected chi connectivity index (χ0v) is 10.2. The van der Waals surface area contributed by atoms with Crippen LogP contribution in [0.2, 0.25) is 5.02 Å². The van der Waals surface area contributed by atoms with Gasteiger partial charge in [0.2, 0.25) is 0 Å². The minimum absolute atomic E-state index is 0.0299. The molecule has 1 N–H and O–H groups in total. The maximum Gasteiger partial charge on any atom is 0.339 e. The van der Waals surface area contributed by atoms with E-state index < -0.39 is 5.97 Å². The van der Waals surface area contributed by atoms with Gasteiger partial charge in [-0.25, -0.2) is 4.79 Å². The van der Waals surface area contributed by atoms with Crippen LogP contribution >= 0.6 is 22.9 Å². The van der Waals surface area contributed by atoms with Gasteiger partial charge in [-0.05, 0) is 19.1 Å². The van der Waals surface area contributed by atoms with Crippen LogP contribution in [0.25, 0.3) is 0 Å². The van der Waals surface area contributed by atoms with Gasteiger partial charge in [0.1, 0.15) is 16.3 Å². The molecule has 2 rings (SSSR count). The number of carboxylic acid groups (broad SMARTS) is 1. The summed E-state index contributed by atoms with van der Waals surface area (Å²) >= 11 is 7.02. The van der Waals surface area contributed by atoms with Crippen molar-refractivity contribution in [1.29, 1.82) is 0 Å². The van der Waals surface area contributed by atoms with Crippen LogP contribution < -0.4 is 4.74 Å². The molecular formula is C10H7ClN2O3S. The number of aromatic carboxylic acids is 1. The number of aryl methyl sites for hydroxylation is 1. The predicted molar refractivity (Wildman–Crippen MR) is 63.1 cm³/mol. The number of carboxylic acids is 1. The van der Waals surface area contributed by atoms with Crippen LogP contribution in [-0.4, -0.2) is 21.3 Å². The average Bonchev–Trinajstić information content (AvgIpc) is 2.63. The topological polar surface area (TPSA) is 72.3 Å². The molecule has 0 bridgehead atoms. The first-order chi connectivity index (χ1) is 8.06. The number of halogens is 1. The Kier molecular flexibility index (Phi) is 3.26. The summed E-state index contributed by atoms with van der Waals surface area (Å²) in [7, 11) is 0. The van der Waals surface area contributed by atoms with Crippen LogP contribution in [-0.2, 0) is 0 Å². The van der Waals surface area contributed by atoms with Crippen LogP contribution in [0.15, 0.2) is 18.2 Å². The molecule has 0 aliphatic rings. The summed E-state index contributed by atoms with van der Waals surface area (Å²) < 4.78 is 5.35. The van der Waals surface area contributed by atoms with Crippen molar-refractivity contribution in [3.63, 3.8) is 0 Å². The van der Waals surface area contributed by atoms with Crippen molar-refractivity contribution >= 4 is 28.9 Å². The van der Waals surface area contributed by atoms with Gasteiger partial charge in [0, 0.05) is 11.1 Å². The standard InChI is InChI=1S/C10H7ClN2O3S/c1-5-12-13-10(17-5)16-8-4-6(11)2-3-7(8)9(14)15/h2-4H,1H3,(H,14,15). The van der Waals surface area contributed by atoms with Crippen molar-refractivity contribution in [1.82, 2.24) is 10.2 Å². The van der Waals surface area contributed by atoms with Crippen LogP contribution in [0, 0.1) is 6.92 Å². The van der Waals surface area contributed by atoms with Gasteiger partial charge in [-0.1, -0.05) is 28.0 Å². The van der Waals surface area contributed by atoms with E-state index in [4.69, 9.17) is 21.4 Å². The molecule has 0 unspecified atom stereocenters. The minimum atomic E-state index is -1.09. The van der Waals surface area contributed by atoms with E-state index in [2.05, 4.69) is 10.2 Å². The van der Waals surface area contributed by atoms with Gasteiger partial charge < -0.3 is 9.84 Å². The van der Waals surface area contributed by atoms with E-state index in [0.29, 0.717) is 5.02 Å². The predicted octanol–water partition coefficient (Wildman–Crippen LogP) is 2.99. The SMILES string of the molecule is Cc1nnc(Oc2cc(Cl)ccc2C(=O)O)s1. The molecule has 5 nitrogen and oxygen atoms in total. The number of hydrogen-bond acceptors (Lipinski definition) is 5. The molecule has 1 heterocycles.